The molecule has 8 nitrogen and oxygen atoms in total. The second kappa shape index (κ2) is 7.57. The SMILES string of the molecule is Cc1cccc(N/C=C(/C#N)C(=O)Nc2ccc(S(=O)(=O)O)cc2)n1. The quantitative estimate of drug-likeness (QED) is 0.423. The van der Waals surface area contributed by atoms with Crippen LogP contribution in [0.15, 0.2) is 59.1 Å². The zero-order chi connectivity index (χ0) is 18.4. The van der Waals surface area contributed by atoms with E-state index in [4.69, 9.17) is 9.81 Å². The zero-order valence-electron chi connectivity index (χ0n) is 13.1. The summed E-state index contributed by atoms with van der Waals surface area (Å²) in [6.07, 6.45) is 1.23. The van der Waals surface area contributed by atoms with Crippen LogP contribution in [0.25, 0.3) is 0 Å². The van der Waals surface area contributed by atoms with E-state index in [0.717, 1.165) is 17.8 Å². The summed E-state index contributed by atoms with van der Waals surface area (Å²) in [6, 6.07) is 11.9. The number of aromatic nitrogens is 1. The highest BCUT2D eigenvalue weighted by molar-refractivity contribution is 7.85. The summed E-state index contributed by atoms with van der Waals surface area (Å²) in [5, 5.41) is 14.3. The van der Waals surface area contributed by atoms with Crippen molar-refractivity contribution >= 4 is 27.5 Å². The number of nitriles is 1. The molecule has 0 radical (unpaired) electrons. The molecule has 0 unspecified atom stereocenters. The largest absolute Gasteiger partial charge is 0.345 e. The minimum atomic E-state index is -4.31. The van der Waals surface area contributed by atoms with Crippen molar-refractivity contribution in [1.29, 1.82) is 5.26 Å². The number of benzene rings is 1. The van der Waals surface area contributed by atoms with Gasteiger partial charge in [0.15, 0.2) is 0 Å². The average Bonchev–Trinajstić information content (AvgIpc) is 2.55. The fourth-order valence-corrected chi connectivity index (χ4v) is 2.31. The van der Waals surface area contributed by atoms with E-state index in [1.165, 1.54) is 18.3 Å². The molecule has 0 fully saturated rings. The van der Waals surface area contributed by atoms with Crippen LogP contribution in [0.3, 0.4) is 0 Å². The first kappa shape index (κ1) is 18.1. The van der Waals surface area contributed by atoms with Crippen LogP contribution in [0.1, 0.15) is 5.69 Å². The third-order valence-electron chi connectivity index (χ3n) is 3.03. The van der Waals surface area contributed by atoms with Crippen LogP contribution in [0.4, 0.5) is 11.5 Å². The second-order valence-corrected chi connectivity index (χ2v) is 6.35. The van der Waals surface area contributed by atoms with E-state index in [0.29, 0.717) is 5.82 Å². The molecule has 0 aliphatic carbocycles. The van der Waals surface area contributed by atoms with Crippen molar-refractivity contribution in [1.82, 2.24) is 4.98 Å². The van der Waals surface area contributed by atoms with Gasteiger partial charge in [0.1, 0.15) is 17.5 Å². The molecule has 0 saturated heterocycles. The minimum absolute atomic E-state index is 0.192. The van der Waals surface area contributed by atoms with Gasteiger partial charge in [-0.3, -0.25) is 9.35 Å². The maximum atomic E-state index is 12.1. The maximum Gasteiger partial charge on any atom is 0.294 e. The van der Waals surface area contributed by atoms with Crippen LogP contribution in [-0.2, 0) is 14.9 Å². The Morgan fingerprint density at radius 1 is 1.24 bits per heavy atom. The molecule has 0 aliphatic rings. The molecule has 9 heteroatoms. The van der Waals surface area contributed by atoms with Gasteiger partial charge >= 0.3 is 0 Å². The number of anilines is 2. The van der Waals surface area contributed by atoms with Gasteiger partial charge < -0.3 is 10.6 Å². The third-order valence-corrected chi connectivity index (χ3v) is 3.90. The highest BCUT2D eigenvalue weighted by Gasteiger charge is 2.12. The van der Waals surface area contributed by atoms with Crippen molar-refractivity contribution in [2.45, 2.75) is 11.8 Å². The Kier molecular flexibility index (Phi) is 5.49. The van der Waals surface area contributed by atoms with Crippen LogP contribution >= 0.6 is 0 Å². The molecule has 0 bridgehead atoms. The van der Waals surface area contributed by atoms with E-state index in [1.807, 2.05) is 13.0 Å². The van der Waals surface area contributed by atoms with E-state index >= 15 is 0 Å². The van der Waals surface area contributed by atoms with Crippen molar-refractivity contribution in [3.8, 4) is 6.07 Å². The molecule has 1 amide bonds. The van der Waals surface area contributed by atoms with Gasteiger partial charge in [-0.2, -0.15) is 13.7 Å². The molecule has 1 heterocycles. The monoisotopic (exact) mass is 358 g/mol. The molecule has 2 rings (SSSR count). The molecule has 2 aromatic rings. The molecule has 0 spiro atoms. The first-order valence-corrected chi connectivity index (χ1v) is 8.43. The van der Waals surface area contributed by atoms with Crippen molar-refractivity contribution in [3.05, 3.63) is 59.9 Å². The molecule has 1 aromatic carbocycles. The molecular weight excluding hydrogens is 344 g/mol. The van der Waals surface area contributed by atoms with Crippen molar-refractivity contribution in [2.75, 3.05) is 10.6 Å². The van der Waals surface area contributed by atoms with Crippen LogP contribution in [0.5, 0.6) is 0 Å². The normalized spacial score (nSPS) is 11.5. The highest BCUT2D eigenvalue weighted by atomic mass is 32.2. The number of nitrogens with zero attached hydrogens (tertiary/aromatic N) is 2. The van der Waals surface area contributed by atoms with Gasteiger partial charge in [0.25, 0.3) is 16.0 Å². The predicted octanol–water partition coefficient (Wildman–Crippen LogP) is 2.09. The Bertz CT molecular complexity index is 960. The van der Waals surface area contributed by atoms with Crippen LogP contribution < -0.4 is 10.6 Å². The summed E-state index contributed by atoms with van der Waals surface area (Å²) in [4.78, 5) is 16.0. The van der Waals surface area contributed by atoms with Gasteiger partial charge in [-0.05, 0) is 43.3 Å². The van der Waals surface area contributed by atoms with Crippen molar-refractivity contribution < 1.29 is 17.8 Å². The van der Waals surface area contributed by atoms with Gasteiger partial charge in [0.05, 0.1) is 4.90 Å². The van der Waals surface area contributed by atoms with Crippen molar-refractivity contribution in [2.24, 2.45) is 0 Å². The third kappa shape index (κ3) is 5.13. The van der Waals surface area contributed by atoms with E-state index in [-0.39, 0.29) is 16.2 Å². The summed E-state index contributed by atoms with van der Waals surface area (Å²) < 4.78 is 30.8. The van der Waals surface area contributed by atoms with Gasteiger partial charge in [-0.25, -0.2) is 4.98 Å². The molecule has 3 N–H and O–H groups in total. The smallest absolute Gasteiger partial charge is 0.294 e. The van der Waals surface area contributed by atoms with E-state index in [2.05, 4.69) is 15.6 Å². The lowest BCUT2D eigenvalue weighted by Crippen LogP contribution is -2.14. The summed E-state index contributed by atoms with van der Waals surface area (Å²) in [6.45, 7) is 1.81. The fraction of sp³-hybridized carbons (Fsp3) is 0.0625. The van der Waals surface area contributed by atoms with Crippen molar-refractivity contribution in [3.63, 3.8) is 0 Å². The number of hydrogen-bond acceptors (Lipinski definition) is 6. The molecule has 25 heavy (non-hydrogen) atoms. The molecule has 0 atom stereocenters. The van der Waals surface area contributed by atoms with Crippen LogP contribution in [0.2, 0.25) is 0 Å². The molecular formula is C16H14N4O4S. The van der Waals surface area contributed by atoms with E-state index in [1.54, 1.807) is 18.2 Å². The molecule has 1 aromatic heterocycles. The summed E-state index contributed by atoms with van der Waals surface area (Å²) >= 11 is 0. The summed E-state index contributed by atoms with van der Waals surface area (Å²) in [5.74, 6) is -0.194. The number of aryl methyl sites for hydroxylation is 1. The highest BCUT2D eigenvalue weighted by Crippen LogP contribution is 2.14. The Labute approximate surface area is 144 Å². The lowest BCUT2D eigenvalue weighted by molar-refractivity contribution is -0.112. The lowest BCUT2D eigenvalue weighted by atomic mass is 10.2. The average molecular weight is 358 g/mol. The van der Waals surface area contributed by atoms with Crippen LogP contribution in [-0.4, -0.2) is 23.9 Å². The topological polar surface area (TPSA) is 132 Å². The second-order valence-electron chi connectivity index (χ2n) is 4.93. The molecule has 0 saturated carbocycles. The molecule has 0 aliphatic heterocycles. The van der Waals surface area contributed by atoms with Gasteiger partial charge in [-0.15, -0.1) is 0 Å². The van der Waals surface area contributed by atoms with Gasteiger partial charge in [-0.1, -0.05) is 6.07 Å². The Balaban J connectivity index is 2.09. The van der Waals surface area contributed by atoms with E-state index in [9.17, 15) is 13.2 Å². The number of pyridine rings is 1. The number of carbonyl (C=O) groups excluding carboxylic acids is 1. The van der Waals surface area contributed by atoms with Crippen LogP contribution in [0, 0.1) is 18.3 Å². The fourth-order valence-electron chi connectivity index (χ4n) is 1.83. The first-order chi connectivity index (χ1) is 11.8. The maximum absolute atomic E-state index is 12.1. The van der Waals surface area contributed by atoms with Gasteiger partial charge in [0.2, 0.25) is 0 Å². The Morgan fingerprint density at radius 2 is 1.92 bits per heavy atom. The number of amides is 1. The zero-order valence-corrected chi connectivity index (χ0v) is 13.9. The Hall–Kier alpha value is -3.22. The van der Waals surface area contributed by atoms with E-state index < -0.39 is 16.0 Å². The first-order valence-electron chi connectivity index (χ1n) is 6.99. The lowest BCUT2D eigenvalue weighted by Gasteiger charge is -2.06. The number of nitrogens with one attached hydrogen (secondary N) is 2. The standard InChI is InChI=1S/C16H14N4O4S/c1-11-3-2-4-15(19-11)18-10-12(9-17)16(21)20-13-5-7-14(8-6-13)25(22,23)24/h2-8,10H,1H3,(H,18,19)(H,20,21)(H,22,23,24)/b12-10-. The minimum Gasteiger partial charge on any atom is -0.345 e. The Morgan fingerprint density at radius 3 is 2.48 bits per heavy atom. The summed E-state index contributed by atoms with van der Waals surface area (Å²) in [5.41, 5.74) is 0.856. The van der Waals surface area contributed by atoms with Gasteiger partial charge in [0, 0.05) is 17.6 Å². The molecule has 128 valence electrons. The number of hydrogen-bond donors (Lipinski definition) is 3. The predicted molar refractivity (Wildman–Crippen MR) is 91.2 cm³/mol. The summed E-state index contributed by atoms with van der Waals surface area (Å²) in [7, 11) is -4.31. The number of rotatable bonds is 5. The number of carbonyl (C=O) groups is 1.